The second kappa shape index (κ2) is 12.1. The number of carboxylic acids is 1. The molecule has 0 saturated heterocycles. The van der Waals surface area contributed by atoms with E-state index in [1.165, 1.54) is 19.3 Å². The Kier molecular flexibility index (Phi) is 11.9. The van der Waals surface area contributed by atoms with Gasteiger partial charge in [0.05, 0.1) is 6.10 Å². The SMILES string of the molecule is CCCCCCC(O)CCCCCC(O[Si](C)(C)C(C)(C)C)C(=O)O. The molecule has 150 valence electrons. The molecule has 0 aliphatic rings. The minimum atomic E-state index is -2.06. The van der Waals surface area contributed by atoms with E-state index in [0.717, 1.165) is 38.5 Å². The Labute approximate surface area is 156 Å². The lowest BCUT2D eigenvalue weighted by atomic mass is 10.0. The zero-order valence-electron chi connectivity index (χ0n) is 17.4. The van der Waals surface area contributed by atoms with Crippen LogP contribution in [0.25, 0.3) is 0 Å². The first-order valence-corrected chi connectivity index (χ1v) is 13.0. The summed E-state index contributed by atoms with van der Waals surface area (Å²) in [5, 5.41) is 19.4. The van der Waals surface area contributed by atoms with Crippen molar-refractivity contribution in [3.05, 3.63) is 0 Å². The van der Waals surface area contributed by atoms with Gasteiger partial charge in [0.15, 0.2) is 8.32 Å². The predicted octanol–water partition coefficient (Wildman–Crippen LogP) is 5.74. The van der Waals surface area contributed by atoms with E-state index in [0.29, 0.717) is 6.42 Å². The molecule has 5 heteroatoms. The van der Waals surface area contributed by atoms with Gasteiger partial charge in [0.2, 0.25) is 0 Å². The van der Waals surface area contributed by atoms with E-state index in [1.807, 2.05) is 0 Å². The Morgan fingerprint density at radius 1 is 0.960 bits per heavy atom. The van der Waals surface area contributed by atoms with E-state index in [4.69, 9.17) is 4.43 Å². The predicted molar refractivity (Wildman–Crippen MR) is 108 cm³/mol. The average molecular weight is 375 g/mol. The number of unbranched alkanes of at least 4 members (excludes halogenated alkanes) is 5. The highest BCUT2D eigenvalue weighted by Crippen LogP contribution is 2.37. The normalized spacial score (nSPS) is 15.2. The maximum Gasteiger partial charge on any atom is 0.331 e. The Balaban J connectivity index is 4.04. The van der Waals surface area contributed by atoms with Crippen molar-refractivity contribution in [2.24, 2.45) is 0 Å². The Morgan fingerprint density at radius 3 is 1.88 bits per heavy atom. The summed E-state index contributed by atoms with van der Waals surface area (Å²) in [4.78, 5) is 11.5. The number of rotatable bonds is 14. The average Bonchev–Trinajstić information content (AvgIpc) is 2.48. The second-order valence-corrected chi connectivity index (χ2v) is 13.6. The smallest absolute Gasteiger partial charge is 0.331 e. The molecular weight excluding hydrogens is 332 g/mol. The molecule has 2 atom stereocenters. The molecule has 0 spiro atoms. The highest BCUT2D eigenvalue weighted by molar-refractivity contribution is 6.74. The Morgan fingerprint density at radius 2 is 1.44 bits per heavy atom. The molecule has 2 N–H and O–H groups in total. The lowest BCUT2D eigenvalue weighted by Gasteiger charge is -2.38. The molecule has 0 rings (SSSR count). The molecule has 0 aromatic heterocycles. The van der Waals surface area contributed by atoms with Gasteiger partial charge in [-0.1, -0.05) is 72.6 Å². The zero-order valence-corrected chi connectivity index (χ0v) is 18.4. The van der Waals surface area contributed by atoms with E-state index in [2.05, 4.69) is 40.8 Å². The molecule has 2 unspecified atom stereocenters. The third kappa shape index (κ3) is 11.0. The molecule has 0 aliphatic carbocycles. The number of aliphatic hydroxyl groups is 1. The molecule has 0 amide bonds. The minimum absolute atomic E-state index is 0.0165. The molecular formula is C20H42O4Si. The van der Waals surface area contributed by atoms with Gasteiger partial charge in [0.1, 0.15) is 6.10 Å². The fourth-order valence-corrected chi connectivity index (χ4v) is 3.89. The summed E-state index contributed by atoms with van der Waals surface area (Å²) in [6.45, 7) is 12.8. The molecule has 0 bridgehead atoms. The fraction of sp³-hybridized carbons (Fsp3) is 0.950. The van der Waals surface area contributed by atoms with Crippen LogP contribution < -0.4 is 0 Å². The van der Waals surface area contributed by atoms with Gasteiger partial charge in [0, 0.05) is 0 Å². The van der Waals surface area contributed by atoms with Gasteiger partial charge in [-0.05, 0) is 37.4 Å². The van der Waals surface area contributed by atoms with Crippen LogP contribution in [0.5, 0.6) is 0 Å². The molecule has 0 aliphatic heterocycles. The number of aliphatic hydroxyl groups excluding tert-OH is 1. The van der Waals surface area contributed by atoms with Gasteiger partial charge in [0.25, 0.3) is 0 Å². The van der Waals surface area contributed by atoms with Crippen LogP contribution in [-0.2, 0) is 9.22 Å². The lowest BCUT2D eigenvalue weighted by molar-refractivity contribution is -0.146. The number of carboxylic acid groups (broad SMARTS) is 1. The van der Waals surface area contributed by atoms with Crippen LogP contribution in [0.1, 0.15) is 91.9 Å². The largest absolute Gasteiger partial charge is 0.479 e. The second-order valence-electron chi connectivity index (χ2n) is 8.85. The van der Waals surface area contributed by atoms with Gasteiger partial charge in [-0.15, -0.1) is 0 Å². The van der Waals surface area contributed by atoms with Crippen LogP contribution in [0.2, 0.25) is 18.1 Å². The van der Waals surface area contributed by atoms with Gasteiger partial charge in [-0.3, -0.25) is 0 Å². The Bertz CT molecular complexity index is 363. The molecule has 0 radical (unpaired) electrons. The quantitative estimate of drug-likeness (QED) is 0.300. The van der Waals surface area contributed by atoms with Crippen LogP contribution in [-0.4, -0.2) is 36.7 Å². The van der Waals surface area contributed by atoms with Crippen LogP contribution in [0.3, 0.4) is 0 Å². The zero-order chi connectivity index (χ0) is 19.5. The maximum atomic E-state index is 11.5. The van der Waals surface area contributed by atoms with Crippen molar-refractivity contribution in [1.29, 1.82) is 0 Å². The summed E-state index contributed by atoms with van der Waals surface area (Å²) in [5.41, 5.74) is 0. The summed E-state index contributed by atoms with van der Waals surface area (Å²) < 4.78 is 6.06. The standard InChI is InChI=1S/C20H42O4Si/c1-7-8-9-11-14-17(21)15-12-10-13-16-18(19(22)23)24-25(5,6)20(2,3)4/h17-18,21H,7-16H2,1-6H3,(H,22,23). The van der Waals surface area contributed by atoms with Crippen LogP contribution in [0, 0.1) is 0 Å². The number of hydrogen-bond acceptors (Lipinski definition) is 3. The third-order valence-corrected chi connectivity index (χ3v) is 9.90. The van der Waals surface area contributed by atoms with Crippen LogP contribution in [0.15, 0.2) is 0 Å². The fourth-order valence-electron chi connectivity index (χ4n) is 2.60. The summed E-state index contributed by atoms with van der Waals surface area (Å²) in [6, 6.07) is 0. The van der Waals surface area contributed by atoms with Crippen molar-refractivity contribution in [2.45, 2.75) is 122 Å². The molecule has 0 aromatic rings. The van der Waals surface area contributed by atoms with E-state index in [9.17, 15) is 15.0 Å². The summed E-state index contributed by atoms with van der Waals surface area (Å²) in [5.74, 6) is -0.846. The van der Waals surface area contributed by atoms with Gasteiger partial charge in [-0.25, -0.2) is 4.79 Å². The Hall–Kier alpha value is -0.393. The van der Waals surface area contributed by atoms with Gasteiger partial charge >= 0.3 is 5.97 Å². The topological polar surface area (TPSA) is 66.8 Å². The van der Waals surface area contributed by atoms with Crippen molar-refractivity contribution in [3.8, 4) is 0 Å². The van der Waals surface area contributed by atoms with Gasteiger partial charge < -0.3 is 14.6 Å². The molecule has 4 nitrogen and oxygen atoms in total. The number of aliphatic carboxylic acids is 1. The van der Waals surface area contributed by atoms with Crippen molar-refractivity contribution in [3.63, 3.8) is 0 Å². The van der Waals surface area contributed by atoms with Gasteiger partial charge in [-0.2, -0.15) is 0 Å². The van der Waals surface area contributed by atoms with Crippen molar-refractivity contribution in [2.75, 3.05) is 0 Å². The van der Waals surface area contributed by atoms with Crippen LogP contribution in [0.4, 0.5) is 0 Å². The minimum Gasteiger partial charge on any atom is -0.479 e. The monoisotopic (exact) mass is 374 g/mol. The molecule has 0 fully saturated rings. The summed E-state index contributed by atoms with van der Waals surface area (Å²) in [7, 11) is -2.06. The summed E-state index contributed by atoms with van der Waals surface area (Å²) >= 11 is 0. The van der Waals surface area contributed by atoms with E-state index >= 15 is 0 Å². The molecule has 0 heterocycles. The highest BCUT2D eigenvalue weighted by atomic mass is 28.4. The van der Waals surface area contributed by atoms with Crippen molar-refractivity contribution in [1.82, 2.24) is 0 Å². The first-order chi connectivity index (χ1) is 11.5. The van der Waals surface area contributed by atoms with Crippen molar-refractivity contribution >= 4 is 14.3 Å². The lowest BCUT2D eigenvalue weighted by Crippen LogP contribution is -2.46. The van der Waals surface area contributed by atoms with E-state index in [-0.39, 0.29) is 11.1 Å². The number of carbonyl (C=O) groups is 1. The maximum absolute atomic E-state index is 11.5. The molecule has 0 saturated carbocycles. The number of hydrogen-bond donors (Lipinski definition) is 2. The van der Waals surface area contributed by atoms with Crippen molar-refractivity contribution < 1.29 is 19.4 Å². The first-order valence-electron chi connectivity index (χ1n) is 10.1. The molecule has 0 aromatic carbocycles. The summed E-state index contributed by atoms with van der Waals surface area (Å²) in [6.07, 6.45) is 8.93. The third-order valence-electron chi connectivity index (χ3n) is 5.41. The van der Waals surface area contributed by atoms with E-state index < -0.39 is 20.4 Å². The highest BCUT2D eigenvalue weighted by Gasteiger charge is 2.40. The van der Waals surface area contributed by atoms with Crippen LogP contribution >= 0.6 is 0 Å². The van der Waals surface area contributed by atoms with E-state index in [1.54, 1.807) is 0 Å². The first kappa shape index (κ1) is 24.6. The molecule has 25 heavy (non-hydrogen) atoms.